The average Bonchev–Trinajstić information content (AvgIpc) is 2.83. The molecule has 0 saturated carbocycles. The summed E-state index contributed by atoms with van der Waals surface area (Å²) in [5.41, 5.74) is 0.138. The molecule has 0 bridgehead atoms. The van der Waals surface area contributed by atoms with Crippen molar-refractivity contribution < 1.29 is 22.7 Å². The highest BCUT2D eigenvalue weighted by atomic mass is 35.5. The van der Waals surface area contributed by atoms with Gasteiger partial charge in [0.2, 0.25) is 10.0 Å². The van der Waals surface area contributed by atoms with Crippen LogP contribution in [0.3, 0.4) is 0 Å². The van der Waals surface area contributed by atoms with Gasteiger partial charge in [-0.2, -0.15) is 4.31 Å². The maximum absolute atomic E-state index is 13.3. The molecule has 1 saturated heterocycles. The molecule has 0 spiro atoms. The van der Waals surface area contributed by atoms with Gasteiger partial charge in [-0.05, 0) is 37.5 Å². The lowest BCUT2D eigenvalue weighted by Crippen LogP contribution is -2.40. The summed E-state index contributed by atoms with van der Waals surface area (Å²) in [6, 6.07) is 0.960. The molecule has 1 heterocycles. The first kappa shape index (κ1) is 15.2. The third-order valence-electron chi connectivity index (χ3n) is 3.29. The van der Waals surface area contributed by atoms with Crippen LogP contribution in [-0.4, -0.2) is 36.4 Å². The molecule has 2 rings (SSSR count). The van der Waals surface area contributed by atoms with Crippen molar-refractivity contribution in [3.05, 3.63) is 28.5 Å². The zero-order valence-corrected chi connectivity index (χ0v) is 12.2. The Kier molecular flexibility index (Phi) is 4.04. The number of carbonyl (C=O) groups is 1. The fourth-order valence-electron chi connectivity index (χ4n) is 2.23. The van der Waals surface area contributed by atoms with E-state index >= 15 is 0 Å². The summed E-state index contributed by atoms with van der Waals surface area (Å²) in [6.45, 7) is 1.54. The average molecular weight is 322 g/mol. The van der Waals surface area contributed by atoms with Crippen molar-refractivity contribution in [2.24, 2.45) is 0 Å². The van der Waals surface area contributed by atoms with Crippen LogP contribution in [0.1, 0.15) is 18.4 Å². The Balaban J connectivity index is 2.50. The molecule has 0 unspecified atom stereocenters. The number of carboxylic acids is 1. The maximum atomic E-state index is 13.3. The normalized spacial score (nSPS) is 20.2. The molecule has 0 aromatic heterocycles. The van der Waals surface area contributed by atoms with Crippen molar-refractivity contribution in [3.8, 4) is 0 Å². The molecule has 1 N–H and O–H groups in total. The number of rotatable bonds is 3. The summed E-state index contributed by atoms with van der Waals surface area (Å²) in [5, 5.41) is 8.82. The monoisotopic (exact) mass is 321 g/mol. The summed E-state index contributed by atoms with van der Waals surface area (Å²) >= 11 is 5.80. The number of carboxylic acid groups (broad SMARTS) is 1. The topological polar surface area (TPSA) is 74.7 Å². The van der Waals surface area contributed by atoms with E-state index in [0.29, 0.717) is 6.42 Å². The van der Waals surface area contributed by atoms with Gasteiger partial charge in [0.1, 0.15) is 16.8 Å². The van der Waals surface area contributed by atoms with Crippen molar-refractivity contribution in [1.29, 1.82) is 0 Å². The van der Waals surface area contributed by atoms with Gasteiger partial charge in [-0.25, -0.2) is 12.8 Å². The van der Waals surface area contributed by atoms with Crippen LogP contribution in [0.25, 0.3) is 0 Å². The fraction of sp³-hybridized carbons (Fsp3) is 0.417. The molecule has 1 fully saturated rings. The number of hydrogen-bond donors (Lipinski definition) is 1. The van der Waals surface area contributed by atoms with Crippen LogP contribution in [0.2, 0.25) is 5.02 Å². The SMILES string of the molecule is Cc1cc(S(=O)(=O)N2CCC[C@H]2C(=O)O)c(Cl)cc1F. The van der Waals surface area contributed by atoms with Crippen LogP contribution in [0.4, 0.5) is 4.39 Å². The Labute approximate surface area is 121 Å². The van der Waals surface area contributed by atoms with Crippen LogP contribution in [-0.2, 0) is 14.8 Å². The number of aliphatic carboxylic acids is 1. The van der Waals surface area contributed by atoms with Crippen LogP contribution in [0.5, 0.6) is 0 Å². The van der Waals surface area contributed by atoms with E-state index in [1.807, 2.05) is 0 Å². The lowest BCUT2D eigenvalue weighted by atomic mass is 10.2. The summed E-state index contributed by atoms with van der Waals surface area (Å²) in [4.78, 5) is 10.8. The van der Waals surface area contributed by atoms with Gasteiger partial charge in [-0.3, -0.25) is 4.79 Å². The van der Waals surface area contributed by atoms with E-state index in [1.54, 1.807) is 0 Å². The Morgan fingerprint density at radius 2 is 2.15 bits per heavy atom. The van der Waals surface area contributed by atoms with Crippen LogP contribution in [0, 0.1) is 12.7 Å². The first-order valence-electron chi connectivity index (χ1n) is 5.95. The zero-order chi connectivity index (χ0) is 15.1. The van der Waals surface area contributed by atoms with Crippen LogP contribution in [0.15, 0.2) is 17.0 Å². The second-order valence-corrected chi connectivity index (χ2v) is 6.91. The van der Waals surface area contributed by atoms with Gasteiger partial charge in [0.25, 0.3) is 0 Å². The number of halogens is 2. The number of hydrogen-bond acceptors (Lipinski definition) is 3. The van der Waals surface area contributed by atoms with E-state index in [0.717, 1.165) is 16.4 Å². The second kappa shape index (κ2) is 5.31. The summed E-state index contributed by atoms with van der Waals surface area (Å²) in [6.07, 6.45) is 0.723. The van der Waals surface area contributed by atoms with E-state index in [-0.39, 0.29) is 28.4 Å². The van der Waals surface area contributed by atoms with Crippen molar-refractivity contribution in [1.82, 2.24) is 4.31 Å². The third kappa shape index (κ3) is 2.53. The first-order valence-corrected chi connectivity index (χ1v) is 7.77. The molecule has 1 aliphatic rings. The predicted molar refractivity (Wildman–Crippen MR) is 70.7 cm³/mol. The minimum absolute atomic E-state index is 0.117. The quantitative estimate of drug-likeness (QED) is 0.924. The summed E-state index contributed by atoms with van der Waals surface area (Å²) < 4.78 is 39.2. The number of benzene rings is 1. The van der Waals surface area contributed by atoms with Crippen molar-refractivity contribution in [2.75, 3.05) is 6.54 Å². The standard InChI is InChI=1S/C12H13ClFNO4S/c1-7-5-11(8(13)6-9(7)14)20(18,19)15-4-2-3-10(15)12(16)17/h5-6,10H,2-4H2,1H3,(H,16,17)/t10-/m0/s1. The van der Waals surface area contributed by atoms with E-state index in [2.05, 4.69) is 0 Å². The molecule has 1 aromatic carbocycles. The van der Waals surface area contributed by atoms with Gasteiger partial charge in [0.05, 0.1) is 5.02 Å². The van der Waals surface area contributed by atoms with Gasteiger partial charge >= 0.3 is 5.97 Å². The molecule has 0 aliphatic carbocycles. The smallest absolute Gasteiger partial charge is 0.322 e. The van der Waals surface area contributed by atoms with Crippen LogP contribution < -0.4 is 0 Å². The van der Waals surface area contributed by atoms with E-state index in [4.69, 9.17) is 16.7 Å². The molecule has 1 aromatic rings. The predicted octanol–water partition coefficient (Wildman–Crippen LogP) is 2.03. The number of nitrogens with zero attached hydrogens (tertiary/aromatic N) is 1. The van der Waals surface area contributed by atoms with Crippen molar-refractivity contribution in [3.63, 3.8) is 0 Å². The minimum atomic E-state index is -4.05. The lowest BCUT2D eigenvalue weighted by molar-refractivity contribution is -0.140. The molecule has 8 heteroatoms. The molecule has 0 amide bonds. The molecule has 1 aliphatic heterocycles. The van der Waals surface area contributed by atoms with Crippen molar-refractivity contribution >= 4 is 27.6 Å². The van der Waals surface area contributed by atoms with Gasteiger partial charge in [0, 0.05) is 6.54 Å². The lowest BCUT2D eigenvalue weighted by Gasteiger charge is -2.21. The molecule has 0 radical (unpaired) electrons. The van der Waals surface area contributed by atoms with Gasteiger partial charge in [-0.1, -0.05) is 11.6 Å². The van der Waals surface area contributed by atoms with E-state index in [1.165, 1.54) is 6.92 Å². The third-order valence-corrected chi connectivity index (χ3v) is 5.66. The van der Waals surface area contributed by atoms with Crippen molar-refractivity contribution in [2.45, 2.75) is 30.7 Å². The Morgan fingerprint density at radius 1 is 1.50 bits per heavy atom. The van der Waals surface area contributed by atoms with Gasteiger partial charge < -0.3 is 5.11 Å². The van der Waals surface area contributed by atoms with E-state index in [9.17, 15) is 17.6 Å². The number of sulfonamides is 1. The molecule has 1 atom stereocenters. The second-order valence-electron chi connectivity index (χ2n) is 4.64. The van der Waals surface area contributed by atoms with Gasteiger partial charge in [0.15, 0.2) is 0 Å². The highest BCUT2D eigenvalue weighted by molar-refractivity contribution is 7.89. The Bertz CT molecular complexity index is 662. The molecular formula is C12H13ClFNO4S. The van der Waals surface area contributed by atoms with Gasteiger partial charge in [-0.15, -0.1) is 0 Å². The Hall–Kier alpha value is -1.18. The highest BCUT2D eigenvalue weighted by Crippen LogP contribution is 2.31. The molecule has 110 valence electrons. The van der Waals surface area contributed by atoms with E-state index < -0.39 is 27.9 Å². The Morgan fingerprint density at radius 3 is 2.75 bits per heavy atom. The minimum Gasteiger partial charge on any atom is -0.480 e. The van der Waals surface area contributed by atoms with Crippen LogP contribution >= 0.6 is 11.6 Å². The summed E-state index contributed by atoms with van der Waals surface area (Å²) in [5.74, 6) is -1.80. The molecule has 20 heavy (non-hydrogen) atoms. The maximum Gasteiger partial charge on any atom is 0.322 e. The fourth-order valence-corrected chi connectivity index (χ4v) is 4.46. The highest BCUT2D eigenvalue weighted by Gasteiger charge is 2.40. The molecule has 5 nitrogen and oxygen atoms in total. The summed E-state index contributed by atoms with van der Waals surface area (Å²) in [7, 11) is -4.05. The largest absolute Gasteiger partial charge is 0.480 e. The molecular weight excluding hydrogens is 309 g/mol. The first-order chi connectivity index (χ1) is 9.25. The number of aryl methyl sites for hydroxylation is 1. The zero-order valence-electron chi connectivity index (χ0n) is 10.6.